The molecule has 0 aliphatic rings. The summed E-state index contributed by atoms with van der Waals surface area (Å²) in [6.45, 7) is 0. The Balaban J connectivity index is 1.24. The summed E-state index contributed by atoms with van der Waals surface area (Å²) in [7, 11) is 0. The highest BCUT2D eigenvalue weighted by Gasteiger charge is 2.23. The molecule has 0 atom stereocenters. The molecule has 0 unspecified atom stereocenters. The molecule has 5 nitrogen and oxygen atoms in total. The molecular weight excluding hydrogens is 589 g/mol. The number of para-hydroxylation sites is 1. The Morgan fingerprint density at radius 1 is 0.396 bits per heavy atom. The fourth-order valence-electron chi connectivity index (χ4n) is 7.72. The average molecular weight is 613 g/mol. The van der Waals surface area contributed by atoms with Gasteiger partial charge < -0.3 is 4.42 Å². The van der Waals surface area contributed by atoms with Crippen LogP contribution in [-0.4, -0.2) is 19.5 Å². The third kappa shape index (κ3) is 3.47. The molecule has 48 heavy (non-hydrogen) atoms. The van der Waals surface area contributed by atoms with Crippen molar-refractivity contribution in [1.29, 1.82) is 0 Å². The van der Waals surface area contributed by atoms with Crippen LogP contribution in [0.5, 0.6) is 0 Å². The number of rotatable bonds is 3. The van der Waals surface area contributed by atoms with Crippen molar-refractivity contribution in [2.75, 3.05) is 0 Å². The van der Waals surface area contributed by atoms with Crippen molar-refractivity contribution in [3.63, 3.8) is 0 Å². The van der Waals surface area contributed by atoms with Gasteiger partial charge in [0.2, 0.25) is 5.95 Å². The van der Waals surface area contributed by atoms with Crippen molar-refractivity contribution in [1.82, 2.24) is 19.5 Å². The summed E-state index contributed by atoms with van der Waals surface area (Å²) >= 11 is 0. The molecule has 5 heteroatoms. The van der Waals surface area contributed by atoms with E-state index in [9.17, 15) is 0 Å². The Morgan fingerprint density at radius 2 is 1.02 bits per heavy atom. The molecule has 8 aromatic carbocycles. The molecule has 11 aromatic rings. The molecule has 0 bridgehead atoms. The van der Waals surface area contributed by atoms with Gasteiger partial charge in [0.25, 0.3) is 0 Å². The van der Waals surface area contributed by atoms with Gasteiger partial charge in [-0.1, -0.05) is 115 Å². The van der Waals surface area contributed by atoms with E-state index in [1.165, 1.54) is 43.1 Å². The Labute approximate surface area is 273 Å². The molecule has 0 aliphatic carbocycles. The zero-order valence-corrected chi connectivity index (χ0v) is 25.6. The van der Waals surface area contributed by atoms with Gasteiger partial charge in [-0.15, -0.1) is 0 Å². The van der Waals surface area contributed by atoms with Crippen LogP contribution in [0.25, 0.3) is 105 Å². The number of fused-ring (bicyclic) bond motifs is 8. The molecule has 0 saturated carbocycles. The molecule has 0 radical (unpaired) electrons. The minimum Gasteiger partial charge on any atom is -0.456 e. The van der Waals surface area contributed by atoms with Gasteiger partial charge in [-0.3, -0.25) is 4.57 Å². The number of hydrogen-bond donors (Lipinski definition) is 0. The average Bonchev–Trinajstić information content (AvgIpc) is 3.70. The van der Waals surface area contributed by atoms with Crippen LogP contribution in [0.2, 0.25) is 0 Å². The summed E-state index contributed by atoms with van der Waals surface area (Å²) < 4.78 is 8.48. The number of benzene rings is 8. The maximum atomic E-state index is 6.27. The van der Waals surface area contributed by atoms with Gasteiger partial charge in [0.15, 0.2) is 11.6 Å². The minimum absolute atomic E-state index is 0.577. The van der Waals surface area contributed by atoms with Crippen molar-refractivity contribution >= 4 is 76.1 Å². The van der Waals surface area contributed by atoms with E-state index in [-0.39, 0.29) is 0 Å². The summed E-state index contributed by atoms with van der Waals surface area (Å²) in [6, 6.07) is 50.8. The lowest BCUT2D eigenvalue weighted by molar-refractivity contribution is 0.669. The first kappa shape index (κ1) is 25.6. The fourth-order valence-corrected chi connectivity index (χ4v) is 7.72. The highest BCUT2D eigenvalue weighted by molar-refractivity contribution is 6.37. The third-order valence-electron chi connectivity index (χ3n) is 9.80. The van der Waals surface area contributed by atoms with Crippen LogP contribution in [0.3, 0.4) is 0 Å². The lowest BCUT2D eigenvalue weighted by Crippen LogP contribution is -2.06. The molecule has 3 heterocycles. The van der Waals surface area contributed by atoms with E-state index >= 15 is 0 Å². The first-order valence-electron chi connectivity index (χ1n) is 16.1. The maximum absolute atomic E-state index is 6.27. The largest absolute Gasteiger partial charge is 0.456 e. The lowest BCUT2D eigenvalue weighted by Gasteiger charge is -2.11. The van der Waals surface area contributed by atoms with Gasteiger partial charge >= 0.3 is 0 Å². The number of furan rings is 1. The van der Waals surface area contributed by atoms with Crippen LogP contribution in [0.1, 0.15) is 0 Å². The third-order valence-corrected chi connectivity index (χ3v) is 9.80. The van der Waals surface area contributed by atoms with E-state index in [4.69, 9.17) is 19.4 Å². The quantitative estimate of drug-likeness (QED) is 0.186. The van der Waals surface area contributed by atoms with Gasteiger partial charge in [-0.25, -0.2) is 4.98 Å². The van der Waals surface area contributed by atoms with Gasteiger partial charge in [0.05, 0.1) is 11.0 Å². The predicted octanol–water partition coefficient (Wildman–Crippen LogP) is 11.1. The molecule has 11 rings (SSSR count). The Morgan fingerprint density at radius 3 is 1.88 bits per heavy atom. The first-order valence-corrected chi connectivity index (χ1v) is 16.1. The minimum atomic E-state index is 0.577. The van der Waals surface area contributed by atoms with E-state index in [0.717, 1.165) is 44.1 Å². The van der Waals surface area contributed by atoms with E-state index < -0.39 is 0 Å². The molecule has 3 aromatic heterocycles. The standard InChI is InChI=1S/C43H24N4O/c1-2-11-26(12-3-1)41-44-42(27-21-22-30-29-14-6-7-19-36(29)48-37(30)24-27)46-43(45-41)47-34-17-8-15-31-32-23-20-25-10-4-5-13-28(25)38(32)33-16-9-18-35(47)40(33)39(31)34/h1-24H. The van der Waals surface area contributed by atoms with Crippen LogP contribution < -0.4 is 0 Å². The van der Waals surface area contributed by atoms with Gasteiger partial charge in [0, 0.05) is 32.7 Å². The smallest absolute Gasteiger partial charge is 0.238 e. The number of nitrogens with zero attached hydrogens (tertiary/aromatic N) is 4. The molecule has 0 aliphatic heterocycles. The summed E-state index contributed by atoms with van der Waals surface area (Å²) in [5.41, 5.74) is 5.60. The highest BCUT2D eigenvalue weighted by atomic mass is 16.3. The lowest BCUT2D eigenvalue weighted by atomic mass is 9.91. The van der Waals surface area contributed by atoms with Crippen molar-refractivity contribution in [2.24, 2.45) is 0 Å². The van der Waals surface area contributed by atoms with Gasteiger partial charge in [0.1, 0.15) is 11.2 Å². The molecule has 222 valence electrons. The normalized spacial score (nSPS) is 12.2. The topological polar surface area (TPSA) is 56.7 Å². The van der Waals surface area contributed by atoms with Crippen LogP contribution in [0.4, 0.5) is 0 Å². The van der Waals surface area contributed by atoms with Crippen LogP contribution in [-0.2, 0) is 0 Å². The molecule has 0 N–H and O–H groups in total. The van der Waals surface area contributed by atoms with Crippen molar-refractivity contribution in [3.8, 4) is 28.7 Å². The highest BCUT2D eigenvalue weighted by Crippen LogP contribution is 2.45. The zero-order valence-electron chi connectivity index (χ0n) is 25.6. The number of aromatic nitrogens is 4. The second-order valence-corrected chi connectivity index (χ2v) is 12.4. The van der Waals surface area contributed by atoms with E-state index in [2.05, 4.69) is 95.6 Å². The zero-order chi connectivity index (χ0) is 31.3. The molecule has 0 fully saturated rings. The monoisotopic (exact) mass is 612 g/mol. The predicted molar refractivity (Wildman–Crippen MR) is 196 cm³/mol. The second-order valence-electron chi connectivity index (χ2n) is 12.4. The van der Waals surface area contributed by atoms with Crippen molar-refractivity contribution in [2.45, 2.75) is 0 Å². The van der Waals surface area contributed by atoms with Crippen LogP contribution >= 0.6 is 0 Å². The summed E-state index contributed by atoms with van der Waals surface area (Å²) in [5.74, 6) is 1.79. The molecule has 0 amide bonds. The Bertz CT molecular complexity index is 3060. The van der Waals surface area contributed by atoms with E-state index in [0.29, 0.717) is 17.6 Å². The van der Waals surface area contributed by atoms with Gasteiger partial charge in [-0.2, -0.15) is 9.97 Å². The van der Waals surface area contributed by atoms with E-state index in [1.54, 1.807) is 0 Å². The first-order chi connectivity index (χ1) is 23.8. The van der Waals surface area contributed by atoms with E-state index in [1.807, 2.05) is 54.6 Å². The maximum Gasteiger partial charge on any atom is 0.238 e. The Kier molecular flexibility index (Phi) is 5.05. The molecule has 0 saturated heterocycles. The molecular formula is C43H24N4O. The summed E-state index contributed by atoms with van der Waals surface area (Å²) in [5, 5.41) is 12.1. The van der Waals surface area contributed by atoms with Crippen LogP contribution in [0.15, 0.2) is 150 Å². The summed E-state index contributed by atoms with van der Waals surface area (Å²) in [4.78, 5) is 15.4. The van der Waals surface area contributed by atoms with Gasteiger partial charge in [-0.05, 0) is 62.6 Å². The van der Waals surface area contributed by atoms with Crippen LogP contribution in [0, 0.1) is 0 Å². The fraction of sp³-hybridized carbons (Fsp3) is 0. The second kappa shape index (κ2) is 9.47. The SMILES string of the molecule is c1ccc(-c2nc(-c3ccc4c(c3)oc3ccccc34)nc(-n3c4cccc5c6ccc7ccccc7c6c6cccc3c6c54)n2)cc1. The summed E-state index contributed by atoms with van der Waals surface area (Å²) in [6.07, 6.45) is 0. The number of hydrogen-bond acceptors (Lipinski definition) is 4. The molecule has 0 spiro atoms. The van der Waals surface area contributed by atoms with Crippen molar-refractivity contribution < 1.29 is 4.42 Å². The van der Waals surface area contributed by atoms with Crippen molar-refractivity contribution in [3.05, 3.63) is 146 Å². The Hall–Kier alpha value is -6.59.